The third-order valence-corrected chi connectivity index (χ3v) is 5.84. The summed E-state index contributed by atoms with van der Waals surface area (Å²) in [7, 11) is 0. The number of aromatic amines is 1. The van der Waals surface area contributed by atoms with Crippen molar-refractivity contribution in [3.63, 3.8) is 0 Å². The van der Waals surface area contributed by atoms with Crippen LogP contribution in [0.1, 0.15) is 46.3 Å². The molecule has 0 bridgehead atoms. The number of aromatic nitrogens is 3. The van der Waals surface area contributed by atoms with Crippen molar-refractivity contribution in [2.45, 2.75) is 38.3 Å². The van der Waals surface area contributed by atoms with Gasteiger partial charge in [0.05, 0.1) is 18.7 Å². The maximum absolute atomic E-state index is 13.3. The predicted octanol–water partition coefficient (Wildman–Crippen LogP) is 1.93. The maximum atomic E-state index is 13.3. The standard InChI is InChI=1S/C20H21N5O2/c21-19(26)16-10-22-17-11-24(8-9-25(16)17)20(27)14-6-3-5-13-12-4-1-2-7-15(12)23-18(13)14/h1-2,4,7,10,14,23H,3,5-6,8-9,11H2,(H2,21,26)/t14-/m0/s1. The van der Waals surface area contributed by atoms with Gasteiger partial charge in [-0.15, -0.1) is 0 Å². The number of hydrogen-bond acceptors (Lipinski definition) is 3. The monoisotopic (exact) mass is 363 g/mol. The lowest BCUT2D eigenvalue weighted by Gasteiger charge is -2.32. The molecule has 1 aliphatic carbocycles. The molecule has 5 rings (SSSR count). The zero-order valence-corrected chi connectivity index (χ0v) is 14.9. The molecule has 138 valence electrons. The Morgan fingerprint density at radius 2 is 2.07 bits per heavy atom. The third kappa shape index (κ3) is 2.45. The zero-order valence-electron chi connectivity index (χ0n) is 14.9. The quantitative estimate of drug-likeness (QED) is 0.728. The highest BCUT2D eigenvalue weighted by atomic mass is 16.2. The zero-order chi connectivity index (χ0) is 18.5. The summed E-state index contributed by atoms with van der Waals surface area (Å²) in [6.07, 6.45) is 4.38. The van der Waals surface area contributed by atoms with Crippen molar-refractivity contribution < 1.29 is 9.59 Å². The molecule has 3 N–H and O–H groups in total. The molecule has 0 saturated carbocycles. The fraction of sp³-hybridized carbons (Fsp3) is 0.350. The summed E-state index contributed by atoms with van der Waals surface area (Å²) in [6.45, 7) is 1.53. The molecule has 7 heteroatoms. The maximum Gasteiger partial charge on any atom is 0.266 e. The lowest BCUT2D eigenvalue weighted by molar-refractivity contribution is -0.134. The Labute approximate surface area is 156 Å². The van der Waals surface area contributed by atoms with E-state index >= 15 is 0 Å². The molecule has 0 saturated heterocycles. The van der Waals surface area contributed by atoms with Crippen molar-refractivity contribution in [2.24, 2.45) is 5.73 Å². The normalized spacial score (nSPS) is 19.0. The molecule has 0 fully saturated rings. The Balaban J connectivity index is 1.45. The highest BCUT2D eigenvalue weighted by Gasteiger charge is 2.34. The van der Waals surface area contributed by atoms with Crippen molar-refractivity contribution in [1.29, 1.82) is 0 Å². The van der Waals surface area contributed by atoms with Crippen LogP contribution in [-0.4, -0.2) is 37.8 Å². The van der Waals surface area contributed by atoms with Crippen molar-refractivity contribution in [2.75, 3.05) is 6.54 Å². The van der Waals surface area contributed by atoms with E-state index in [1.807, 2.05) is 21.6 Å². The van der Waals surface area contributed by atoms with Crippen LogP contribution in [0, 0.1) is 0 Å². The first-order chi connectivity index (χ1) is 13.1. The van der Waals surface area contributed by atoms with E-state index in [0.717, 1.165) is 36.3 Å². The van der Waals surface area contributed by atoms with Gasteiger partial charge in [0, 0.05) is 29.7 Å². The summed E-state index contributed by atoms with van der Waals surface area (Å²) in [5.41, 5.74) is 9.26. The lowest BCUT2D eigenvalue weighted by atomic mass is 9.85. The minimum absolute atomic E-state index is 0.136. The molecule has 1 aromatic carbocycles. The number of H-pyrrole nitrogens is 1. The summed E-state index contributed by atoms with van der Waals surface area (Å²) < 4.78 is 1.82. The minimum atomic E-state index is -0.483. The second-order valence-corrected chi connectivity index (χ2v) is 7.34. The van der Waals surface area contributed by atoms with Gasteiger partial charge in [0.2, 0.25) is 5.91 Å². The molecular weight excluding hydrogens is 342 g/mol. The van der Waals surface area contributed by atoms with Crippen LogP contribution in [0.15, 0.2) is 30.5 Å². The molecule has 1 atom stereocenters. The molecule has 2 aromatic heterocycles. The molecule has 2 amide bonds. The number of para-hydroxylation sites is 1. The fourth-order valence-electron chi connectivity index (χ4n) is 4.53. The van der Waals surface area contributed by atoms with Crippen LogP contribution in [0.4, 0.5) is 0 Å². The second kappa shape index (κ2) is 5.97. The minimum Gasteiger partial charge on any atom is -0.364 e. The van der Waals surface area contributed by atoms with E-state index in [1.54, 1.807) is 0 Å². The summed E-state index contributed by atoms with van der Waals surface area (Å²) in [4.78, 5) is 34.5. The van der Waals surface area contributed by atoms with E-state index in [1.165, 1.54) is 17.1 Å². The van der Waals surface area contributed by atoms with E-state index in [4.69, 9.17) is 5.73 Å². The van der Waals surface area contributed by atoms with Gasteiger partial charge in [-0.25, -0.2) is 4.98 Å². The van der Waals surface area contributed by atoms with E-state index in [2.05, 4.69) is 22.1 Å². The number of benzene rings is 1. The molecule has 1 aliphatic heterocycles. The van der Waals surface area contributed by atoms with Crippen molar-refractivity contribution >= 4 is 22.7 Å². The molecular formula is C20H21N5O2. The van der Waals surface area contributed by atoms with Gasteiger partial charge in [-0.2, -0.15) is 0 Å². The van der Waals surface area contributed by atoms with E-state index in [9.17, 15) is 9.59 Å². The number of nitrogens with two attached hydrogens (primary N) is 1. The first-order valence-corrected chi connectivity index (χ1v) is 9.36. The average molecular weight is 363 g/mol. The van der Waals surface area contributed by atoms with Crippen LogP contribution in [0.2, 0.25) is 0 Å². The highest BCUT2D eigenvalue weighted by molar-refractivity contribution is 5.92. The van der Waals surface area contributed by atoms with Gasteiger partial charge in [0.15, 0.2) is 0 Å². The van der Waals surface area contributed by atoms with Gasteiger partial charge in [-0.3, -0.25) is 9.59 Å². The van der Waals surface area contributed by atoms with Gasteiger partial charge in [0.1, 0.15) is 11.5 Å². The van der Waals surface area contributed by atoms with Crippen LogP contribution in [0.25, 0.3) is 10.9 Å². The molecule has 0 radical (unpaired) electrons. The Kier molecular flexibility index (Phi) is 3.56. The Morgan fingerprint density at radius 1 is 1.22 bits per heavy atom. The highest BCUT2D eigenvalue weighted by Crippen LogP contribution is 2.37. The number of carbonyl (C=O) groups is 2. The van der Waals surface area contributed by atoms with Gasteiger partial charge in [0.25, 0.3) is 5.91 Å². The molecule has 0 spiro atoms. The fourth-order valence-corrected chi connectivity index (χ4v) is 4.53. The number of imidazole rings is 1. The molecule has 2 aliphatic rings. The van der Waals surface area contributed by atoms with Crippen LogP contribution >= 0.6 is 0 Å². The number of rotatable bonds is 2. The number of hydrogen-bond donors (Lipinski definition) is 2. The topological polar surface area (TPSA) is 97.0 Å². The Hall–Kier alpha value is -3.09. The van der Waals surface area contributed by atoms with Gasteiger partial charge in [-0.1, -0.05) is 18.2 Å². The van der Waals surface area contributed by atoms with Gasteiger partial charge in [-0.05, 0) is 30.9 Å². The predicted molar refractivity (Wildman–Crippen MR) is 100 cm³/mol. The van der Waals surface area contributed by atoms with Gasteiger partial charge < -0.3 is 20.2 Å². The lowest BCUT2D eigenvalue weighted by Crippen LogP contribution is -2.42. The molecule has 3 aromatic rings. The van der Waals surface area contributed by atoms with Crippen LogP contribution in [0.3, 0.4) is 0 Å². The van der Waals surface area contributed by atoms with Crippen molar-refractivity contribution in [1.82, 2.24) is 19.4 Å². The van der Waals surface area contributed by atoms with Crippen molar-refractivity contribution in [3.8, 4) is 0 Å². The average Bonchev–Trinajstić information content (AvgIpc) is 3.28. The summed E-state index contributed by atoms with van der Waals surface area (Å²) in [6, 6.07) is 8.25. The largest absolute Gasteiger partial charge is 0.364 e. The summed E-state index contributed by atoms with van der Waals surface area (Å²) in [5, 5.41) is 1.23. The van der Waals surface area contributed by atoms with Crippen LogP contribution in [0.5, 0.6) is 0 Å². The number of nitrogens with zero attached hydrogens (tertiary/aromatic N) is 3. The SMILES string of the molecule is NC(=O)c1cnc2n1CCN(C(=O)[C@H]1CCCc3c1[nH]c1ccccc31)C2. The Bertz CT molecular complexity index is 1060. The number of aryl methyl sites for hydroxylation is 1. The molecule has 3 heterocycles. The van der Waals surface area contributed by atoms with Crippen LogP contribution < -0.4 is 5.73 Å². The molecule has 7 nitrogen and oxygen atoms in total. The summed E-state index contributed by atoms with van der Waals surface area (Å²) in [5.74, 6) is 0.232. The number of primary amides is 1. The molecule has 0 unspecified atom stereocenters. The van der Waals surface area contributed by atoms with Crippen LogP contribution in [-0.2, 0) is 24.3 Å². The number of nitrogens with one attached hydrogen (secondary N) is 1. The molecule has 27 heavy (non-hydrogen) atoms. The third-order valence-electron chi connectivity index (χ3n) is 5.84. The smallest absolute Gasteiger partial charge is 0.266 e. The Morgan fingerprint density at radius 3 is 2.93 bits per heavy atom. The van der Waals surface area contributed by atoms with E-state index in [0.29, 0.717) is 25.3 Å². The number of carbonyl (C=O) groups excluding carboxylic acids is 2. The first-order valence-electron chi connectivity index (χ1n) is 9.36. The van der Waals surface area contributed by atoms with Crippen molar-refractivity contribution in [3.05, 3.63) is 53.2 Å². The first kappa shape index (κ1) is 16.1. The van der Waals surface area contributed by atoms with E-state index in [-0.39, 0.29) is 11.8 Å². The number of fused-ring (bicyclic) bond motifs is 4. The summed E-state index contributed by atoms with van der Waals surface area (Å²) >= 11 is 0. The van der Waals surface area contributed by atoms with Gasteiger partial charge >= 0.3 is 0 Å². The number of amides is 2. The van der Waals surface area contributed by atoms with E-state index < -0.39 is 5.91 Å². The second-order valence-electron chi connectivity index (χ2n) is 7.34.